The number of halogens is 3. The van der Waals surface area contributed by atoms with Crippen LogP contribution in [0.15, 0.2) is 0 Å². The van der Waals surface area contributed by atoms with Crippen LogP contribution < -0.4 is 5.32 Å². The second-order valence-electron chi connectivity index (χ2n) is 5.64. The van der Waals surface area contributed by atoms with E-state index in [1.54, 1.807) is 4.90 Å². The lowest BCUT2D eigenvalue weighted by Crippen LogP contribution is -2.43. The highest BCUT2D eigenvalue weighted by Crippen LogP contribution is 2.36. The van der Waals surface area contributed by atoms with E-state index in [4.69, 9.17) is 0 Å². The van der Waals surface area contributed by atoms with Crippen molar-refractivity contribution in [3.63, 3.8) is 0 Å². The van der Waals surface area contributed by atoms with Gasteiger partial charge in [0.25, 0.3) is 0 Å². The molecule has 0 radical (unpaired) electrons. The molecule has 2 fully saturated rings. The third-order valence-corrected chi connectivity index (χ3v) is 3.93. The first-order valence-electron chi connectivity index (χ1n) is 7.05. The highest BCUT2D eigenvalue weighted by molar-refractivity contribution is 4.94. The lowest BCUT2D eigenvalue weighted by molar-refractivity contribution is -0.152. The molecular formula is C13H23F3N2. The Labute approximate surface area is 107 Å². The first kappa shape index (κ1) is 14.1. The lowest BCUT2D eigenvalue weighted by atomic mass is 10.2. The van der Waals surface area contributed by atoms with Crippen LogP contribution in [0.3, 0.4) is 0 Å². The molecule has 0 spiro atoms. The minimum absolute atomic E-state index is 0.133. The Morgan fingerprint density at radius 3 is 2.33 bits per heavy atom. The summed E-state index contributed by atoms with van der Waals surface area (Å²) in [6.07, 6.45) is 1.72. The van der Waals surface area contributed by atoms with E-state index in [0.717, 1.165) is 45.1 Å². The second-order valence-corrected chi connectivity index (χ2v) is 5.64. The molecule has 106 valence electrons. The fourth-order valence-corrected chi connectivity index (χ4v) is 2.96. The van der Waals surface area contributed by atoms with Gasteiger partial charge in [0, 0.05) is 18.1 Å². The van der Waals surface area contributed by atoms with E-state index in [9.17, 15) is 13.2 Å². The monoisotopic (exact) mass is 264 g/mol. The minimum atomic E-state index is -4.06. The summed E-state index contributed by atoms with van der Waals surface area (Å²) in [4.78, 5) is 1.72. The van der Waals surface area contributed by atoms with Crippen LogP contribution in [0.4, 0.5) is 13.2 Å². The maximum absolute atomic E-state index is 12.6. The van der Waals surface area contributed by atoms with Crippen molar-refractivity contribution in [2.24, 2.45) is 0 Å². The Hall–Kier alpha value is -0.290. The van der Waals surface area contributed by atoms with Crippen LogP contribution in [0.25, 0.3) is 0 Å². The van der Waals surface area contributed by atoms with Crippen LogP contribution in [0, 0.1) is 0 Å². The normalized spacial score (nSPS) is 29.2. The van der Waals surface area contributed by atoms with Gasteiger partial charge in [-0.1, -0.05) is 6.92 Å². The summed E-state index contributed by atoms with van der Waals surface area (Å²) in [5.41, 5.74) is 0. The second kappa shape index (κ2) is 5.78. The Balaban J connectivity index is 1.84. The van der Waals surface area contributed by atoms with Gasteiger partial charge in [-0.3, -0.25) is 4.90 Å². The molecule has 18 heavy (non-hydrogen) atoms. The predicted molar refractivity (Wildman–Crippen MR) is 65.5 cm³/mol. The van der Waals surface area contributed by atoms with Crippen LogP contribution in [-0.4, -0.2) is 42.3 Å². The molecule has 2 rings (SSSR count). The molecular weight excluding hydrogens is 241 g/mol. The number of alkyl halides is 3. The average molecular weight is 264 g/mol. The number of nitrogens with zero attached hydrogens (tertiary/aromatic N) is 1. The Bertz CT molecular complexity index is 263. The molecule has 2 saturated carbocycles. The van der Waals surface area contributed by atoms with Crippen molar-refractivity contribution in [2.75, 3.05) is 13.1 Å². The zero-order valence-corrected chi connectivity index (χ0v) is 11.0. The summed E-state index contributed by atoms with van der Waals surface area (Å²) < 4.78 is 37.8. The molecule has 0 heterocycles. The van der Waals surface area contributed by atoms with E-state index in [0.29, 0.717) is 6.04 Å². The maximum atomic E-state index is 12.6. The number of rotatable bonds is 6. The first-order valence-corrected chi connectivity index (χ1v) is 7.05. The van der Waals surface area contributed by atoms with Gasteiger partial charge in [0.2, 0.25) is 0 Å². The van der Waals surface area contributed by atoms with Gasteiger partial charge in [0.1, 0.15) is 0 Å². The molecule has 0 aliphatic heterocycles. The van der Waals surface area contributed by atoms with E-state index in [-0.39, 0.29) is 12.1 Å². The molecule has 5 heteroatoms. The Morgan fingerprint density at radius 2 is 1.78 bits per heavy atom. The molecule has 0 aromatic rings. The predicted octanol–water partition coefficient (Wildman–Crippen LogP) is 2.93. The topological polar surface area (TPSA) is 15.3 Å². The molecule has 0 aromatic carbocycles. The van der Waals surface area contributed by atoms with Gasteiger partial charge in [-0.15, -0.1) is 0 Å². The fourth-order valence-electron chi connectivity index (χ4n) is 2.96. The van der Waals surface area contributed by atoms with E-state index in [1.807, 2.05) is 0 Å². The highest BCUT2D eigenvalue weighted by Gasteiger charge is 2.43. The molecule has 2 nitrogen and oxygen atoms in total. The number of hydrogen-bond donors (Lipinski definition) is 1. The first-order chi connectivity index (χ1) is 8.49. The van der Waals surface area contributed by atoms with Gasteiger partial charge in [0.05, 0.1) is 6.54 Å². The smallest absolute Gasteiger partial charge is 0.314 e. The molecule has 0 bridgehead atoms. The molecule has 2 unspecified atom stereocenters. The van der Waals surface area contributed by atoms with Crippen molar-refractivity contribution in [2.45, 2.75) is 69.8 Å². The van der Waals surface area contributed by atoms with Crippen LogP contribution in [-0.2, 0) is 0 Å². The van der Waals surface area contributed by atoms with Gasteiger partial charge in [-0.05, 0) is 45.1 Å². The van der Waals surface area contributed by atoms with Crippen molar-refractivity contribution >= 4 is 0 Å². The number of hydrogen-bond acceptors (Lipinski definition) is 2. The van der Waals surface area contributed by atoms with E-state index in [2.05, 4.69) is 12.2 Å². The average Bonchev–Trinajstić information content (AvgIpc) is 3.01. The summed E-state index contributed by atoms with van der Waals surface area (Å²) in [5, 5.41) is 3.43. The van der Waals surface area contributed by atoms with E-state index >= 15 is 0 Å². The molecule has 2 atom stereocenters. The van der Waals surface area contributed by atoms with E-state index in [1.165, 1.54) is 0 Å². The van der Waals surface area contributed by atoms with Gasteiger partial charge in [-0.25, -0.2) is 0 Å². The van der Waals surface area contributed by atoms with Gasteiger partial charge in [0.15, 0.2) is 0 Å². The largest absolute Gasteiger partial charge is 0.401 e. The minimum Gasteiger partial charge on any atom is -0.314 e. The van der Waals surface area contributed by atoms with Gasteiger partial charge in [-0.2, -0.15) is 13.2 Å². The molecule has 0 aromatic heterocycles. The third-order valence-electron chi connectivity index (χ3n) is 3.93. The van der Waals surface area contributed by atoms with E-state index < -0.39 is 12.7 Å². The van der Waals surface area contributed by atoms with Crippen molar-refractivity contribution < 1.29 is 13.2 Å². The molecule has 2 aliphatic rings. The highest BCUT2D eigenvalue weighted by atomic mass is 19.4. The fraction of sp³-hybridized carbons (Fsp3) is 1.00. The van der Waals surface area contributed by atoms with Crippen LogP contribution in [0.1, 0.15) is 45.4 Å². The quantitative estimate of drug-likeness (QED) is 0.793. The van der Waals surface area contributed by atoms with Crippen molar-refractivity contribution in [3.8, 4) is 0 Å². The van der Waals surface area contributed by atoms with Gasteiger partial charge >= 0.3 is 6.18 Å². The summed E-state index contributed by atoms with van der Waals surface area (Å²) in [7, 11) is 0. The van der Waals surface area contributed by atoms with Crippen molar-refractivity contribution in [1.29, 1.82) is 0 Å². The molecule has 1 N–H and O–H groups in total. The number of nitrogens with one attached hydrogen (secondary N) is 1. The third kappa shape index (κ3) is 4.12. The summed E-state index contributed by atoms with van der Waals surface area (Å²) in [5.74, 6) is 0. The maximum Gasteiger partial charge on any atom is 0.401 e. The van der Waals surface area contributed by atoms with Crippen LogP contribution in [0.2, 0.25) is 0 Å². The summed E-state index contributed by atoms with van der Waals surface area (Å²) in [6.45, 7) is 2.36. The summed E-state index contributed by atoms with van der Waals surface area (Å²) in [6, 6.07) is 0.750. The zero-order valence-electron chi connectivity index (χ0n) is 11.0. The molecule has 0 saturated heterocycles. The lowest BCUT2D eigenvalue weighted by Gasteiger charge is -2.30. The zero-order chi connectivity index (χ0) is 13.2. The van der Waals surface area contributed by atoms with Crippen LogP contribution >= 0.6 is 0 Å². The van der Waals surface area contributed by atoms with Crippen molar-refractivity contribution in [1.82, 2.24) is 10.2 Å². The Morgan fingerprint density at radius 1 is 1.11 bits per heavy atom. The Kier molecular flexibility index (Phi) is 4.54. The van der Waals surface area contributed by atoms with Gasteiger partial charge < -0.3 is 5.32 Å². The van der Waals surface area contributed by atoms with Crippen LogP contribution in [0.5, 0.6) is 0 Å². The summed E-state index contributed by atoms with van der Waals surface area (Å²) >= 11 is 0. The molecule has 2 aliphatic carbocycles. The standard InChI is InChI=1S/C13H23F3N2/c1-2-7-17-10-3-4-12(8-10)18(11-5-6-11)9-13(14,15)16/h10-12,17H,2-9H2,1H3. The van der Waals surface area contributed by atoms with Crippen molar-refractivity contribution in [3.05, 3.63) is 0 Å². The molecule has 0 amide bonds. The SMILES string of the molecule is CCCNC1CCC(N(CC(F)(F)F)C2CC2)C1.